The predicted octanol–water partition coefficient (Wildman–Crippen LogP) is 2.90. The normalized spacial score (nSPS) is 11.2. The fourth-order valence-corrected chi connectivity index (χ4v) is 2.27. The van der Waals surface area contributed by atoms with E-state index in [9.17, 15) is 20.1 Å². The van der Waals surface area contributed by atoms with E-state index >= 15 is 0 Å². The molecule has 0 unspecified atom stereocenters. The van der Waals surface area contributed by atoms with Gasteiger partial charge in [-0.05, 0) is 47.5 Å². The SMILES string of the molecule is COc1cc(C=CC(=O)C=Cc2cc(CO)c(O)c(OC)c2)ccc1O. The van der Waals surface area contributed by atoms with Gasteiger partial charge in [0.05, 0.1) is 20.8 Å². The first-order valence-electron chi connectivity index (χ1n) is 7.76. The average Bonchev–Trinajstić information content (AvgIpc) is 2.66. The van der Waals surface area contributed by atoms with Crippen molar-refractivity contribution in [2.75, 3.05) is 14.2 Å². The van der Waals surface area contributed by atoms with E-state index in [1.807, 2.05) is 0 Å². The van der Waals surface area contributed by atoms with Crippen molar-refractivity contribution in [1.29, 1.82) is 0 Å². The van der Waals surface area contributed by atoms with Gasteiger partial charge >= 0.3 is 0 Å². The Kier molecular flexibility index (Phi) is 6.41. The molecule has 136 valence electrons. The highest BCUT2D eigenvalue weighted by Crippen LogP contribution is 2.32. The second-order valence-corrected chi connectivity index (χ2v) is 5.39. The van der Waals surface area contributed by atoms with Gasteiger partial charge in [-0.15, -0.1) is 0 Å². The van der Waals surface area contributed by atoms with Crippen LogP contribution in [0.5, 0.6) is 23.0 Å². The molecule has 3 N–H and O–H groups in total. The highest BCUT2D eigenvalue weighted by Gasteiger charge is 2.08. The molecule has 0 spiro atoms. The van der Waals surface area contributed by atoms with Gasteiger partial charge in [0.1, 0.15) is 0 Å². The zero-order chi connectivity index (χ0) is 19.1. The number of methoxy groups -OCH3 is 2. The van der Waals surface area contributed by atoms with Crippen LogP contribution in [0.4, 0.5) is 0 Å². The number of phenols is 2. The number of phenolic OH excluding ortho intramolecular Hbond substituents is 1. The van der Waals surface area contributed by atoms with Gasteiger partial charge in [0.2, 0.25) is 0 Å². The third-order valence-electron chi connectivity index (χ3n) is 3.65. The number of aliphatic hydroxyl groups excluding tert-OH is 1. The lowest BCUT2D eigenvalue weighted by Crippen LogP contribution is -1.92. The maximum atomic E-state index is 12.0. The van der Waals surface area contributed by atoms with E-state index in [0.29, 0.717) is 22.4 Å². The van der Waals surface area contributed by atoms with Crippen LogP contribution in [0.1, 0.15) is 16.7 Å². The Morgan fingerprint density at radius 1 is 0.962 bits per heavy atom. The largest absolute Gasteiger partial charge is 0.504 e. The minimum atomic E-state index is -0.347. The lowest BCUT2D eigenvalue weighted by Gasteiger charge is -2.08. The summed E-state index contributed by atoms with van der Waals surface area (Å²) in [7, 11) is 2.85. The standard InChI is InChI=1S/C20H20O6/c1-25-18-10-13(5-8-17(18)23)3-6-16(22)7-4-14-9-15(12-21)20(24)19(11-14)26-2/h3-11,21,23-24H,12H2,1-2H3. The summed E-state index contributed by atoms with van der Waals surface area (Å²) in [5.41, 5.74) is 1.62. The van der Waals surface area contributed by atoms with Gasteiger partial charge in [-0.25, -0.2) is 0 Å². The van der Waals surface area contributed by atoms with E-state index in [1.165, 1.54) is 32.4 Å². The van der Waals surface area contributed by atoms with Crippen molar-refractivity contribution < 1.29 is 29.6 Å². The average molecular weight is 356 g/mol. The van der Waals surface area contributed by atoms with Gasteiger partial charge < -0.3 is 24.8 Å². The van der Waals surface area contributed by atoms with E-state index in [4.69, 9.17) is 9.47 Å². The maximum absolute atomic E-state index is 12.0. The van der Waals surface area contributed by atoms with Gasteiger partial charge in [-0.1, -0.05) is 18.2 Å². The van der Waals surface area contributed by atoms with Gasteiger partial charge in [0, 0.05) is 5.56 Å². The Morgan fingerprint density at radius 2 is 1.58 bits per heavy atom. The molecular weight excluding hydrogens is 336 g/mol. The fourth-order valence-electron chi connectivity index (χ4n) is 2.27. The molecule has 0 saturated heterocycles. The third kappa shape index (κ3) is 4.64. The molecule has 0 amide bonds. The van der Waals surface area contributed by atoms with Crippen LogP contribution >= 0.6 is 0 Å². The lowest BCUT2D eigenvalue weighted by atomic mass is 10.1. The number of hydrogen-bond acceptors (Lipinski definition) is 6. The number of aliphatic hydroxyl groups is 1. The molecule has 2 aromatic carbocycles. The molecule has 0 aliphatic rings. The number of ketones is 1. The maximum Gasteiger partial charge on any atom is 0.178 e. The molecule has 6 nitrogen and oxygen atoms in total. The molecule has 0 saturated carbocycles. The Morgan fingerprint density at radius 3 is 2.19 bits per heavy atom. The first-order valence-corrected chi connectivity index (χ1v) is 7.76. The van der Waals surface area contributed by atoms with E-state index in [-0.39, 0.29) is 29.6 Å². The molecular formula is C20H20O6. The third-order valence-corrected chi connectivity index (χ3v) is 3.65. The summed E-state index contributed by atoms with van der Waals surface area (Å²) in [5.74, 6) is 0.185. The molecule has 0 aliphatic carbocycles. The second-order valence-electron chi connectivity index (χ2n) is 5.39. The number of hydrogen-bond donors (Lipinski definition) is 3. The number of benzene rings is 2. The summed E-state index contributed by atoms with van der Waals surface area (Å²) in [5, 5.41) is 28.7. The predicted molar refractivity (Wildman–Crippen MR) is 98.3 cm³/mol. The highest BCUT2D eigenvalue weighted by molar-refractivity contribution is 6.04. The minimum absolute atomic E-state index is 0.0248. The number of allylic oxidation sites excluding steroid dienone is 2. The molecule has 0 aliphatic heterocycles. The van der Waals surface area contributed by atoms with Gasteiger partial charge in [-0.3, -0.25) is 4.79 Å². The van der Waals surface area contributed by atoms with Crippen molar-refractivity contribution in [1.82, 2.24) is 0 Å². The van der Waals surface area contributed by atoms with Crippen LogP contribution in [0.15, 0.2) is 42.5 Å². The second kappa shape index (κ2) is 8.73. The zero-order valence-electron chi connectivity index (χ0n) is 14.5. The molecule has 6 heteroatoms. The number of aromatic hydroxyl groups is 2. The van der Waals surface area contributed by atoms with Crippen molar-refractivity contribution in [3.63, 3.8) is 0 Å². The number of carbonyl (C=O) groups excluding carboxylic acids is 1. The molecule has 0 fully saturated rings. The number of ether oxygens (including phenoxy) is 2. The molecule has 0 aromatic heterocycles. The van der Waals surface area contributed by atoms with Crippen LogP contribution in [0.3, 0.4) is 0 Å². The Labute approximate surface area is 151 Å². The molecule has 0 atom stereocenters. The van der Waals surface area contributed by atoms with Gasteiger partial charge in [0.25, 0.3) is 0 Å². The summed E-state index contributed by atoms with van der Waals surface area (Å²) in [6.45, 7) is -0.347. The Bertz CT molecular complexity index is 826. The van der Waals surface area contributed by atoms with Crippen molar-refractivity contribution in [2.45, 2.75) is 6.61 Å². The zero-order valence-corrected chi connectivity index (χ0v) is 14.5. The summed E-state index contributed by atoms with van der Waals surface area (Å²) in [6, 6.07) is 7.88. The van der Waals surface area contributed by atoms with E-state index in [0.717, 1.165) is 0 Å². The Hall–Kier alpha value is -3.25. The minimum Gasteiger partial charge on any atom is -0.504 e. The van der Waals surface area contributed by atoms with Crippen molar-refractivity contribution in [2.24, 2.45) is 0 Å². The molecule has 0 heterocycles. The first-order chi connectivity index (χ1) is 12.5. The lowest BCUT2D eigenvalue weighted by molar-refractivity contribution is -0.110. The quantitative estimate of drug-likeness (QED) is 0.660. The highest BCUT2D eigenvalue weighted by atomic mass is 16.5. The van der Waals surface area contributed by atoms with E-state index in [2.05, 4.69) is 0 Å². The van der Waals surface area contributed by atoms with Crippen LogP contribution in [-0.2, 0) is 11.4 Å². The summed E-state index contributed by atoms with van der Waals surface area (Å²) in [6.07, 6.45) is 5.91. The summed E-state index contributed by atoms with van der Waals surface area (Å²) < 4.78 is 10.1. The Balaban J connectivity index is 2.14. The fraction of sp³-hybridized carbons (Fsp3) is 0.150. The van der Waals surface area contributed by atoms with E-state index < -0.39 is 0 Å². The monoisotopic (exact) mass is 356 g/mol. The van der Waals surface area contributed by atoms with Crippen molar-refractivity contribution >= 4 is 17.9 Å². The smallest absolute Gasteiger partial charge is 0.178 e. The van der Waals surface area contributed by atoms with Crippen molar-refractivity contribution in [3.05, 3.63) is 59.2 Å². The molecule has 2 aromatic rings. The molecule has 0 radical (unpaired) electrons. The van der Waals surface area contributed by atoms with Gasteiger partial charge in [0.15, 0.2) is 28.8 Å². The molecule has 0 bridgehead atoms. The van der Waals surface area contributed by atoms with Gasteiger partial charge in [-0.2, -0.15) is 0 Å². The topological polar surface area (TPSA) is 96.2 Å². The first kappa shape index (κ1) is 19.1. The van der Waals surface area contributed by atoms with Crippen LogP contribution in [0.25, 0.3) is 12.2 Å². The van der Waals surface area contributed by atoms with Crippen LogP contribution < -0.4 is 9.47 Å². The van der Waals surface area contributed by atoms with Crippen LogP contribution in [0.2, 0.25) is 0 Å². The van der Waals surface area contributed by atoms with Crippen LogP contribution in [-0.4, -0.2) is 35.3 Å². The summed E-state index contributed by atoms with van der Waals surface area (Å²) in [4.78, 5) is 12.0. The number of rotatable bonds is 7. The molecule has 26 heavy (non-hydrogen) atoms. The van der Waals surface area contributed by atoms with Crippen LogP contribution in [0, 0.1) is 0 Å². The van der Waals surface area contributed by atoms with E-state index in [1.54, 1.807) is 36.4 Å². The molecule has 2 rings (SSSR count). The van der Waals surface area contributed by atoms with Crippen molar-refractivity contribution in [3.8, 4) is 23.0 Å². The number of carbonyl (C=O) groups is 1. The summed E-state index contributed by atoms with van der Waals surface area (Å²) >= 11 is 0.